The van der Waals surface area contributed by atoms with Crippen LogP contribution in [0.25, 0.3) is 0 Å². The number of benzene rings is 1. The van der Waals surface area contributed by atoms with Crippen molar-refractivity contribution in [2.24, 2.45) is 5.92 Å². The molecule has 0 fully saturated rings. The van der Waals surface area contributed by atoms with Gasteiger partial charge in [0, 0.05) is 17.9 Å². The van der Waals surface area contributed by atoms with Crippen LogP contribution in [-0.4, -0.2) is 6.54 Å². The molecule has 1 aromatic carbocycles. The van der Waals surface area contributed by atoms with Crippen LogP contribution in [0.15, 0.2) is 24.3 Å². The van der Waals surface area contributed by atoms with E-state index in [9.17, 15) is 0 Å². The molecule has 0 saturated carbocycles. The van der Waals surface area contributed by atoms with Gasteiger partial charge in [0.25, 0.3) is 0 Å². The Kier molecular flexibility index (Phi) is 3.34. The molecule has 0 saturated heterocycles. The summed E-state index contributed by atoms with van der Waals surface area (Å²) in [7, 11) is 0. The largest absolute Gasteiger partial charge is 0.399 e. The van der Waals surface area contributed by atoms with E-state index in [1.807, 2.05) is 12.1 Å². The number of nitrogens with two attached hydrogens (primary N) is 1. The van der Waals surface area contributed by atoms with Crippen LogP contribution in [0, 0.1) is 28.6 Å². The molecule has 0 aliphatic carbocycles. The molecule has 1 aromatic rings. The minimum absolute atomic E-state index is 0.330. The van der Waals surface area contributed by atoms with Gasteiger partial charge in [-0.3, -0.25) is 0 Å². The van der Waals surface area contributed by atoms with Crippen molar-refractivity contribution in [2.45, 2.75) is 0 Å². The number of rotatable bonds is 3. The number of hydrogen-bond donors (Lipinski definition) is 2. The zero-order valence-electron chi connectivity index (χ0n) is 7.57. The summed E-state index contributed by atoms with van der Waals surface area (Å²) < 4.78 is 0. The smallest absolute Gasteiger partial charge is 0.150 e. The van der Waals surface area contributed by atoms with Crippen LogP contribution in [-0.2, 0) is 0 Å². The summed E-state index contributed by atoms with van der Waals surface area (Å²) in [6, 6.07) is 10.9. The van der Waals surface area contributed by atoms with E-state index in [0.29, 0.717) is 12.2 Å². The highest BCUT2D eigenvalue weighted by atomic mass is 14.9. The SMILES string of the molecule is N#CC(C#N)CNc1ccc(N)cc1. The molecule has 0 unspecified atom stereocenters. The second-order valence-corrected chi connectivity index (χ2v) is 2.81. The van der Waals surface area contributed by atoms with Crippen molar-refractivity contribution >= 4 is 11.4 Å². The Morgan fingerprint density at radius 1 is 1.21 bits per heavy atom. The van der Waals surface area contributed by atoms with Gasteiger partial charge in [0.2, 0.25) is 0 Å². The van der Waals surface area contributed by atoms with Crippen LogP contribution in [0.1, 0.15) is 0 Å². The summed E-state index contributed by atoms with van der Waals surface area (Å²) in [5, 5.41) is 20.0. The lowest BCUT2D eigenvalue weighted by Crippen LogP contribution is -2.10. The molecular weight excluding hydrogens is 176 g/mol. The minimum atomic E-state index is -0.618. The molecular formula is C10H10N4. The maximum atomic E-state index is 8.52. The van der Waals surface area contributed by atoms with E-state index in [4.69, 9.17) is 16.3 Å². The van der Waals surface area contributed by atoms with E-state index in [1.54, 1.807) is 24.3 Å². The molecule has 0 amide bonds. The monoisotopic (exact) mass is 186 g/mol. The second-order valence-electron chi connectivity index (χ2n) is 2.81. The average molecular weight is 186 g/mol. The van der Waals surface area contributed by atoms with E-state index in [2.05, 4.69) is 5.32 Å². The van der Waals surface area contributed by atoms with Crippen LogP contribution in [0.2, 0.25) is 0 Å². The average Bonchev–Trinajstić information content (AvgIpc) is 2.22. The fraction of sp³-hybridized carbons (Fsp3) is 0.200. The maximum Gasteiger partial charge on any atom is 0.150 e. The van der Waals surface area contributed by atoms with Gasteiger partial charge >= 0.3 is 0 Å². The molecule has 0 aliphatic heterocycles. The molecule has 0 atom stereocenters. The number of nitrogen functional groups attached to an aromatic ring is 1. The van der Waals surface area contributed by atoms with Crippen LogP contribution >= 0.6 is 0 Å². The lowest BCUT2D eigenvalue weighted by molar-refractivity contribution is 0.888. The maximum absolute atomic E-state index is 8.52. The predicted molar refractivity (Wildman–Crippen MR) is 54.1 cm³/mol. The highest BCUT2D eigenvalue weighted by Gasteiger charge is 2.03. The van der Waals surface area contributed by atoms with Crippen LogP contribution in [0.5, 0.6) is 0 Å². The van der Waals surface area contributed by atoms with Gasteiger partial charge in [-0.15, -0.1) is 0 Å². The summed E-state index contributed by atoms with van der Waals surface area (Å²) >= 11 is 0. The van der Waals surface area contributed by atoms with Crippen LogP contribution in [0.4, 0.5) is 11.4 Å². The molecule has 0 aliphatic rings. The molecule has 0 spiro atoms. The van der Waals surface area contributed by atoms with Gasteiger partial charge in [-0.1, -0.05) is 0 Å². The molecule has 3 N–H and O–H groups in total. The lowest BCUT2D eigenvalue weighted by Gasteiger charge is -2.05. The first kappa shape index (κ1) is 9.88. The highest BCUT2D eigenvalue weighted by molar-refractivity contribution is 5.51. The van der Waals surface area contributed by atoms with Crippen LogP contribution < -0.4 is 11.1 Å². The van der Waals surface area contributed by atoms with Gasteiger partial charge in [-0.25, -0.2) is 0 Å². The lowest BCUT2D eigenvalue weighted by atomic mass is 10.2. The normalized spacial score (nSPS) is 9.07. The zero-order chi connectivity index (χ0) is 10.4. The third-order valence-electron chi connectivity index (χ3n) is 1.73. The Labute approximate surface area is 82.6 Å². The van der Waals surface area contributed by atoms with Crippen molar-refractivity contribution in [3.8, 4) is 12.1 Å². The van der Waals surface area contributed by atoms with Crippen molar-refractivity contribution in [3.05, 3.63) is 24.3 Å². The molecule has 14 heavy (non-hydrogen) atoms. The molecule has 0 bridgehead atoms. The Hall–Kier alpha value is -2.20. The van der Waals surface area contributed by atoms with E-state index < -0.39 is 5.92 Å². The van der Waals surface area contributed by atoms with E-state index >= 15 is 0 Å². The Balaban J connectivity index is 2.51. The fourth-order valence-electron chi connectivity index (χ4n) is 0.941. The van der Waals surface area contributed by atoms with Gasteiger partial charge in [0.05, 0.1) is 12.1 Å². The predicted octanol–water partition coefficient (Wildman–Crippen LogP) is 1.34. The van der Waals surface area contributed by atoms with E-state index in [1.165, 1.54) is 0 Å². The van der Waals surface area contributed by atoms with Gasteiger partial charge < -0.3 is 11.1 Å². The van der Waals surface area contributed by atoms with Crippen LogP contribution in [0.3, 0.4) is 0 Å². The standard InChI is InChI=1S/C10H10N4/c11-5-8(6-12)7-14-10-3-1-9(13)2-4-10/h1-4,8,14H,7,13H2. The number of anilines is 2. The number of hydrogen-bond acceptors (Lipinski definition) is 4. The van der Waals surface area contributed by atoms with E-state index in [0.717, 1.165) is 5.69 Å². The first-order chi connectivity index (χ1) is 6.76. The quantitative estimate of drug-likeness (QED) is 0.697. The molecule has 1 rings (SSSR count). The van der Waals surface area contributed by atoms with Crippen molar-refractivity contribution in [2.75, 3.05) is 17.6 Å². The summed E-state index contributed by atoms with van der Waals surface area (Å²) in [5.74, 6) is -0.618. The molecule has 4 nitrogen and oxygen atoms in total. The van der Waals surface area contributed by atoms with Gasteiger partial charge in [-0.05, 0) is 24.3 Å². The minimum Gasteiger partial charge on any atom is -0.399 e. The Morgan fingerprint density at radius 3 is 2.29 bits per heavy atom. The van der Waals surface area contributed by atoms with Gasteiger partial charge in [0.1, 0.15) is 5.92 Å². The van der Waals surface area contributed by atoms with Crippen molar-refractivity contribution in [3.63, 3.8) is 0 Å². The van der Waals surface area contributed by atoms with Gasteiger partial charge in [-0.2, -0.15) is 10.5 Å². The molecule has 4 heteroatoms. The van der Waals surface area contributed by atoms with Gasteiger partial charge in [0.15, 0.2) is 0 Å². The fourth-order valence-corrected chi connectivity index (χ4v) is 0.941. The molecule has 0 aromatic heterocycles. The second kappa shape index (κ2) is 4.74. The molecule has 0 radical (unpaired) electrons. The Bertz CT molecular complexity index is 355. The summed E-state index contributed by atoms with van der Waals surface area (Å²) in [4.78, 5) is 0. The highest BCUT2D eigenvalue weighted by Crippen LogP contribution is 2.10. The first-order valence-corrected chi connectivity index (χ1v) is 4.15. The summed E-state index contributed by atoms with van der Waals surface area (Å²) in [6.07, 6.45) is 0. The third-order valence-corrected chi connectivity index (χ3v) is 1.73. The summed E-state index contributed by atoms with van der Waals surface area (Å²) in [5.41, 5.74) is 7.05. The van der Waals surface area contributed by atoms with Crippen molar-refractivity contribution in [1.29, 1.82) is 10.5 Å². The Morgan fingerprint density at radius 2 is 1.79 bits per heavy atom. The summed E-state index contributed by atoms with van der Waals surface area (Å²) in [6.45, 7) is 0.330. The number of nitrogens with one attached hydrogen (secondary N) is 1. The topological polar surface area (TPSA) is 85.6 Å². The number of nitriles is 2. The molecule has 70 valence electrons. The third kappa shape index (κ3) is 2.69. The van der Waals surface area contributed by atoms with E-state index in [-0.39, 0.29) is 0 Å². The molecule has 0 heterocycles. The van der Waals surface area contributed by atoms with Crippen molar-refractivity contribution < 1.29 is 0 Å². The number of nitrogens with zero attached hydrogens (tertiary/aromatic N) is 2. The zero-order valence-corrected chi connectivity index (χ0v) is 7.57. The van der Waals surface area contributed by atoms with Crippen molar-refractivity contribution in [1.82, 2.24) is 0 Å². The first-order valence-electron chi connectivity index (χ1n) is 4.15.